The van der Waals surface area contributed by atoms with Crippen molar-refractivity contribution in [2.75, 3.05) is 6.61 Å². The molecule has 0 aliphatic carbocycles. The van der Waals surface area contributed by atoms with Gasteiger partial charge >= 0.3 is 6.16 Å². The molecule has 0 spiro atoms. The van der Waals surface area contributed by atoms with Gasteiger partial charge in [0.15, 0.2) is 0 Å². The lowest BCUT2D eigenvalue weighted by atomic mass is 10.1. The molecule has 0 unspecified atom stereocenters. The van der Waals surface area contributed by atoms with Gasteiger partial charge in [-0.3, -0.25) is 0 Å². The Kier molecular flexibility index (Phi) is 4.35. The third-order valence-corrected chi connectivity index (χ3v) is 2.65. The minimum atomic E-state index is -1.34. The van der Waals surface area contributed by atoms with E-state index < -0.39 is 12.0 Å². The van der Waals surface area contributed by atoms with Crippen LogP contribution < -0.4 is 0 Å². The van der Waals surface area contributed by atoms with Crippen LogP contribution in [0.25, 0.3) is 0 Å². The zero-order valence-corrected chi connectivity index (χ0v) is 9.81. The van der Waals surface area contributed by atoms with Crippen molar-refractivity contribution in [2.45, 2.75) is 6.42 Å². The van der Waals surface area contributed by atoms with Gasteiger partial charge in [0.05, 0.1) is 11.1 Å². The summed E-state index contributed by atoms with van der Waals surface area (Å²) in [6, 6.07) is 2.67. The van der Waals surface area contributed by atoms with E-state index in [1.54, 1.807) is 0 Å². The molecule has 1 rings (SSSR count). The summed E-state index contributed by atoms with van der Waals surface area (Å²) in [6.45, 7) is -0.00682. The second kappa shape index (κ2) is 5.32. The maximum atomic E-state index is 13.0. The Balaban J connectivity index is 2.69. The number of carbonyl (C=O) groups is 1. The SMILES string of the molecule is O=C(O)OCCc1cc(Br)c(F)cc1Cl. The first-order valence-electron chi connectivity index (χ1n) is 4.00. The fourth-order valence-corrected chi connectivity index (χ4v) is 1.64. The fourth-order valence-electron chi connectivity index (χ4n) is 1.00. The summed E-state index contributed by atoms with van der Waals surface area (Å²) in [5, 5.41) is 8.49. The second-order valence-corrected chi connectivity index (χ2v) is 3.98. The molecule has 0 heterocycles. The zero-order chi connectivity index (χ0) is 11.4. The Morgan fingerprint density at radius 2 is 2.27 bits per heavy atom. The van der Waals surface area contributed by atoms with Gasteiger partial charge in [0, 0.05) is 11.4 Å². The quantitative estimate of drug-likeness (QED) is 0.686. The molecule has 1 N–H and O–H groups in total. The van der Waals surface area contributed by atoms with Crippen molar-refractivity contribution in [1.29, 1.82) is 0 Å². The van der Waals surface area contributed by atoms with Crippen molar-refractivity contribution in [1.82, 2.24) is 0 Å². The van der Waals surface area contributed by atoms with E-state index in [-0.39, 0.29) is 16.1 Å². The highest BCUT2D eigenvalue weighted by Crippen LogP contribution is 2.24. The van der Waals surface area contributed by atoms with Gasteiger partial charge in [0.2, 0.25) is 0 Å². The lowest BCUT2D eigenvalue weighted by Gasteiger charge is -2.05. The van der Waals surface area contributed by atoms with Gasteiger partial charge in [-0.15, -0.1) is 0 Å². The fraction of sp³-hybridized carbons (Fsp3) is 0.222. The monoisotopic (exact) mass is 296 g/mol. The van der Waals surface area contributed by atoms with E-state index >= 15 is 0 Å². The number of halogens is 3. The molecule has 0 radical (unpaired) electrons. The van der Waals surface area contributed by atoms with Crippen LogP contribution in [0.5, 0.6) is 0 Å². The van der Waals surface area contributed by atoms with Gasteiger partial charge in [0.1, 0.15) is 5.82 Å². The van der Waals surface area contributed by atoms with Crippen molar-refractivity contribution in [3.8, 4) is 0 Å². The van der Waals surface area contributed by atoms with Crippen LogP contribution in [0.15, 0.2) is 16.6 Å². The lowest BCUT2D eigenvalue weighted by molar-refractivity contribution is 0.0927. The van der Waals surface area contributed by atoms with Crippen molar-refractivity contribution < 1.29 is 19.0 Å². The first kappa shape index (κ1) is 12.3. The molecule has 6 heteroatoms. The van der Waals surface area contributed by atoms with Gasteiger partial charge < -0.3 is 9.84 Å². The van der Waals surface area contributed by atoms with Gasteiger partial charge in [-0.25, -0.2) is 9.18 Å². The van der Waals surface area contributed by atoms with Crippen LogP contribution in [0.3, 0.4) is 0 Å². The first-order chi connectivity index (χ1) is 7.00. The molecule has 0 aromatic heterocycles. The molecule has 0 aliphatic rings. The van der Waals surface area contributed by atoms with Crippen molar-refractivity contribution in [3.63, 3.8) is 0 Å². The van der Waals surface area contributed by atoms with Crippen LogP contribution in [0.4, 0.5) is 9.18 Å². The Hall–Kier alpha value is -0.810. The Labute approximate surface area is 98.9 Å². The average molecular weight is 298 g/mol. The lowest BCUT2D eigenvalue weighted by Crippen LogP contribution is -2.04. The minimum absolute atomic E-state index is 0.00682. The van der Waals surface area contributed by atoms with Crippen LogP contribution >= 0.6 is 27.5 Å². The van der Waals surface area contributed by atoms with Gasteiger partial charge in [-0.05, 0) is 33.6 Å². The number of hydrogen-bond donors (Lipinski definition) is 1. The third-order valence-electron chi connectivity index (χ3n) is 1.69. The summed E-state index contributed by atoms with van der Waals surface area (Å²) >= 11 is 8.76. The van der Waals surface area contributed by atoms with E-state index in [1.165, 1.54) is 12.1 Å². The molecule has 1 aromatic rings. The molecule has 0 amide bonds. The smallest absolute Gasteiger partial charge is 0.450 e. The molecule has 0 bridgehead atoms. The maximum Gasteiger partial charge on any atom is 0.505 e. The van der Waals surface area contributed by atoms with E-state index in [9.17, 15) is 9.18 Å². The Bertz CT molecular complexity index is 384. The van der Waals surface area contributed by atoms with Crippen LogP contribution in [0.1, 0.15) is 5.56 Å². The number of carboxylic acid groups (broad SMARTS) is 1. The van der Waals surface area contributed by atoms with Crippen molar-refractivity contribution in [2.24, 2.45) is 0 Å². The van der Waals surface area contributed by atoms with E-state index in [1.807, 2.05) is 0 Å². The summed E-state index contributed by atoms with van der Waals surface area (Å²) in [5.41, 5.74) is 0.631. The van der Waals surface area contributed by atoms with Crippen LogP contribution in [-0.2, 0) is 11.2 Å². The maximum absolute atomic E-state index is 13.0. The summed E-state index contributed by atoms with van der Waals surface area (Å²) in [6.07, 6.45) is -1.03. The summed E-state index contributed by atoms with van der Waals surface area (Å²) in [4.78, 5) is 10.1. The zero-order valence-electron chi connectivity index (χ0n) is 7.47. The summed E-state index contributed by atoms with van der Waals surface area (Å²) in [5.74, 6) is -0.456. The third kappa shape index (κ3) is 3.68. The van der Waals surface area contributed by atoms with Gasteiger partial charge in [0.25, 0.3) is 0 Å². The van der Waals surface area contributed by atoms with Gasteiger partial charge in [-0.1, -0.05) is 11.6 Å². The minimum Gasteiger partial charge on any atom is -0.450 e. The molecule has 15 heavy (non-hydrogen) atoms. The van der Waals surface area contributed by atoms with Crippen LogP contribution in [0, 0.1) is 5.82 Å². The Morgan fingerprint density at radius 3 is 2.87 bits per heavy atom. The average Bonchev–Trinajstić information content (AvgIpc) is 2.13. The van der Waals surface area contributed by atoms with E-state index in [0.29, 0.717) is 12.0 Å². The number of ether oxygens (including phenoxy) is 1. The molecular formula is C9H7BrClFO3. The topological polar surface area (TPSA) is 46.5 Å². The number of rotatable bonds is 3. The highest BCUT2D eigenvalue weighted by atomic mass is 79.9. The normalized spacial score (nSPS) is 10.1. The van der Waals surface area contributed by atoms with E-state index in [0.717, 1.165) is 0 Å². The second-order valence-electron chi connectivity index (χ2n) is 2.72. The first-order valence-corrected chi connectivity index (χ1v) is 5.17. The summed E-state index contributed by atoms with van der Waals surface area (Å²) < 4.78 is 17.6. The highest BCUT2D eigenvalue weighted by molar-refractivity contribution is 9.10. The molecule has 0 aliphatic heterocycles. The van der Waals surface area contributed by atoms with Crippen LogP contribution in [0.2, 0.25) is 5.02 Å². The molecular weight excluding hydrogens is 290 g/mol. The standard InChI is InChI=1S/C9H7BrClFO3/c10-6-3-5(1-2-15-9(13)14)7(11)4-8(6)12/h3-4H,1-2H2,(H,13,14). The molecule has 82 valence electrons. The predicted octanol–water partition coefficient (Wildman–Crippen LogP) is 3.48. The molecule has 3 nitrogen and oxygen atoms in total. The predicted molar refractivity (Wildman–Crippen MR) is 56.8 cm³/mol. The molecule has 0 saturated carbocycles. The number of benzene rings is 1. The highest BCUT2D eigenvalue weighted by Gasteiger charge is 2.07. The largest absolute Gasteiger partial charge is 0.505 e. The summed E-state index contributed by atoms with van der Waals surface area (Å²) in [7, 11) is 0. The Morgan fingerprint density at radius 1 is 1.60 bits per heavy atom. The van der Waals surface area contributed by atoms with Crippen molar-refractivity contribution >= 4 is 33.7 Å². The number of hydrogen-bond acceptors (Lipinski definition) is 2. The molecule has 0 atom stereocenters. The van der Waals surface area contributed by atoms with Crippen molar-refractivity contribution in [3.05, 3.63) is 33.0 Å². The molecule has 0 fully saturated rings. The molecule has 0 saturated heterocycles. The van der Waals surface area contributed by atoms with E-state index in [4.69, 9.17) is 16.7 Å². The molecule has 1 aromatic carbocycles. The van der Waals surface area contributed by atoms with Crippen LogP contribution in [-0.4, -0.2) is 17.9 Å². The van der Waals surface area contributed by atoms with Gasteiger partial charge in [-0.2, -0.15) is 0 Å². The van der Waals surface area contributed by atoms with E-state index in [2.05, 4.69) is 20.7 Å².